The zero-order valence-corrected chi connectivity index (χ0v) is 20.4. The first-order chi connectivity index (χ1) is 15.1. The van der Waals surface area contributed by atoms with E-state index in [1.807, 2.05) is 44.2 Å². The summed E-state index contributed by atoms with van der Waals surface area (Å²) in [6.45, 7) is 8.84. The molecule has 1 atom stereocenters. The van der Waals surface area contributed by atoms with Crippen LogP contribution in [0.25, 0.3) is 0 Å². The normalized spacial score (nSPS) is 12.3. The van der Waals surface area contributed by atoms with Gasteiger partial charge >= 0.3 is 13.6 Å². The third-order valence-electron chi connectivity index (χ3n) is 4.44. The Morgan fingerprint density at radius 3 is 2.16 bits per heavy atom. The van der Waals surface area contributed by atoms with E-state index in [4.69, 9.17) is 13.8 Å². The highest BCUT2D eigenvalue weighted by Gasteiger charge is 2.37. The summed E-state index contributed by atoms with van der Waals surface area (Å²) in [7, 11) is -3.65. The van der Waals surface area contributed by atoms with Crippen molar-refractivity contribution in [1.82, 2.24) is 10.2 Å². The SMILES string of the molecule is CCOP(=O)(CC(=O)N(Cc1ccccc1)C(C(=O)NCCOC(C)=O)C(C)C)OCC. The van der Waals surface area contributed by atoms with Crippen molar-refractivity contribution in [1.29, 1.82) is 0 Å². The molecular formula is C22H35N2O7P. The minimum atomic E-state index is -3.65. The van der Waals surface area contributed by atoms with E-state index in [0.717, 1.165) is 5.56 Å². The fourth-order valence-corrected chi connectivity index (χ4v) is 4.73. The Bertz CT molecular complexity index is 776. The minimum absolute atomic E-state index is 0.0302. The summed E-state index contributed by atoms with van der Waals surface area (Å²) in [5.41, 5.74) is 0.821. The zero-order chi connectivity index (χ0) is 24.1. The lowest BCUT2D eigenvalue weighted by atomic mass is 10.0. The van der Waals surface area contributed by atoms with E-state index in [9.17, 15) is 18.9 Å². The van der Waals surface area contributed by atoms with Crippen molar-refractivity contribution in [3.8, 4) is 0 Å². The highest BCUT2D eigenvalue weighted by Crippen LogP contribution is 2.48. The molecule has 0 bridgehead atoms. The topological polar surface area (TPSA) is 111 Å². The first-order valence-electron chi connectivity index (χ1n) is 10.8. The second-order valence-corrected chi connectivity index (χ2v) is 9.49. The number of carbonyl (C=O) groups excluding carboxylic acids is 3. The summed E-state index contributed by atoms with van der Waals surface area (Å²) in [6.07, 6.45) is -0.467. The van der Waals surface area contributed by atoms with Crippen LogP contribution >= 0.6 is 7.60 Å². The molecule has 1 aromatic rings. The van der Waals surface area contributed by atoms with Crippen molar-refractivity contribution in [2.45, 2.75) is 47.2 Å². The lowest BCUT2D eigenvalue weighted by Gasteiger charge is -2.34. The summed E-state index contributed by atoms with van der Waals surface area (Å²) in [4.78, 5) is 38.7. The third kappa shape index (κ3) is 9.51. The van der Waals surface area contributed by atoms with Crippen molar-refractivity contribution < 1.29 is 32.7 Å². The predicted octanol–water partition coefficient (Wildman–Crippen LogP) is 2.99. The first-order valence-corrected chi connectivity index (χ1v) is 12.5. The summed E-state index contributed by atoms with van der Waals surface area (Å²) < 4.78 is 28.4. The van der Waals surface area contributed by atoms with Crippen LogP contribution in [0.5, 0.6) is 0 Å². The molecule has 1 unspecified atom stereocenters. The van der Waals surface area contributed by atoms with Gasteiger partial charge in [0.2, 0.25) is 11.8 Å². The van der Waals surface area contributed by atoms with E-state index in [1.54, 1.807) is 13.8 Å². The highest BCUT2D eigenvalue weighted by atomic mass is 31.2. The maximum absolute atomic E-state index is 13.3. The molecular weight excluding hydrogens is 435 g/mol. The van der Waals surface area contributed by atoms with E-state index >= 15 is 0 Å². The maximum atomic E-state index is 13.3. The summed E-state index contributed by atoms with van der Waals surface area (Å²) in [5, 5.41) is 2.71. The number of carbonyl (C=O) groups is 3. The quantitative estimate of drug-likeness (QED) is 0.253. The summed E-state index contributed by atoms with van der Waals surface area (Å²) >= 11 is 0. The molecule has 1 N–H and O–H groups in total. The van der Waals surface area contributed by atoms with Crippen LogP contribution in [0.2, 0.25) is 0 Å². The smallest absolute Gasteiger partial charge is 0.340 e. The second kappa shape index (κ2) is 14.0. The van der Waals surface area contributed by atoms with Crippen LogP contribution in [-0.4, -0.2) is 61.3 Å². The van der Waals surface area contributed by atoms with Gasteiger partial charge in [0.05, 0.1) is 19.8 Å². The van der Waals surface area contributed by atoms with Crippen molar-refractivity contribution >= 4 is 25.4 Å². The molecule has 1 rings (SSSR count). The lowest BCUT2D eigenvalue weighted by Crippen LogP contribution is -2.53. The van der Waals surface area contributed by atoms with Gasteiger partial charge in [0, 0.05) is 13.5 Å². The molecule has 0 radical (unpaired) electrons. The van der Waals surface area contributed by atoms with Crippen LogP contribution in [0.4, 0.5) is 0 Å². The Kier molecular flexibility index (Phi) is 12.2. The molecule has 0 aliphatic carbocycles. The number of nitrogens with one attached hydrogen (secondary N) is 1. The number of ether oxygens (including phenoxy) is 1. The molecule has 0 saturated carbocycles. The summed E-state index contributed by atoms with van der Waals surface area (Å²) in [5.74, 6) is -1.58. The Morgan fingerprint density at radius 1 is 1.06 bits per heavy atom. The molecule has 10 heteroatoms. The lowest BCUT2D eigenvalue weighted by molar-refractivity contribution is -0.143. The fourth-order valence-electron chi connectivity index (χ4n) is 3.18. The van der Waals surface area contributed by atoms with Gasteiger partial charge in [-0.25, -0.2) is 0 Å². The third-order valence-corrected chi connectivity index (χ3v) is 6.40. The Balaban J connectivity index is 3.14. The number of hydrogen-bond acceptors (Lipinski definition) is 7. The Hall–Kier alpha value is -2.22. The molecule has 180 valence electrons. The van der Waals surface area contributed by atoms with Crippen molar-refractivity contribution in [2.75, 3.05) is 32.5 Å². The van der Waals surface area contributed by atoms with Gasteiger partial charge in [-0.1, -0.05) is 44.2 Å². The predicted molar refractivity (Wildman–Crippen MR) is 121 cm³/mol. The van der Waals surface area contributed by atoms with Gasteiger partial charge < -0.3 is 24.0 Å². The van der Waals surface area contributed by atoms with Gasteiger partial charge in [-0.05, 0) is 25.3 Å². The number of benzene rings is 1. The maximum Gasteiger partial charge on any atom is 0.340 e. The van der Waals surface area contributed by atoms with Crippen LogP contribution in [0, 0.1) is 5.92 Å². The van der Waals surface area contributed by atoms with E-state index in [-0.39, 0.29) is 44.7 Å². The van der Waals surface area contributed by atoms with Crippen molar-refractivity contribution in [3.05, 3.63) is 35.9 Å². The molecule has 0 heterocycles. The molecule has 0 fully saturated rings. The zero-order valence-electron chi connectivity index (χ0n) is 19.5. The number of esters is 1. The van der Waals surface area contributed by atoms with Crippen LogP contribution in [0.15, 0.2) is 30.3 Å². The summed E-state index contributed by atoms with van der Waals surface area (Å²) in [6, 6.07) is 8.40. The average Bonchev–Trinajstić information content (AvgIpc) is 2.71. The number of amides is 2. The van der Waals surface area contributed by atoms with Crippen molar-refractivity contribution in [2.24, 2.45) is 5.92 Å². The molecule has 1 aromatic carbocycles. The van der Waals surface area contributed by atoms with Crippen LogP contribution in [0.3, 0.4) is 0 Å². The second-order valence-electron chi connectivity index (χ2n) is 7.43. The molecule has 0 aromatic heterocycles. The highest BCUT2D eigenvalue weighted by molar-refractivity contribution is 7.54. The molecule has 32 heavy (non-hydrogen) atoms. The largest absolute Gasteiger partial charge is 0.464 e. The van der Waals surface area contributed by atoms with Gasteiger partial charge in [-0.2, -0.15) is 0 Å². The van der Waals surface area contributed by atoms with Crippen LogP contribution < -0.4 is 5.32 Å². The van der Waals surface area contributed by atoms with Gasteiger partial charge in [0.25, 0.3) is 0 Å². The standard InChI is InChI=1S/C22H35N2O7P/c1-6-30-32(28,31-7-2)16-20(26)24(15-19-11-9-8-10-12-19)21(17(3)4)22(27)23-13-14-29-18(5)25/h8-12,17,21H,6-7,13-16H2,1-5H3,(H,23,27). The van der Waals surface area contributed by atoms with Gasteiger partial charge in [-0.15, -0.1) is 0 Å². The molecule has 0 aliphatic heterocycles. The molecule has 0 aliphatic rings. The number of hydrogen-bond donors (Lipinski definition) is 1. The number of rotatable bonds is 14. The van der Waals surface area contributed by atoms with E-state index in [1.165, 1.54) is 11.8 Å². The molecule has 0 saturated heterocycles. The number of nitrogens with zero attached hydrogens (tertiary/aromatic N) is 1. The van der Waals surface area contributed by atoms with Crippen molar-refractivity contribution in [3.63, 3.8) is 0 Å². The fraction of sp³-hybridized carbons (Fsp3) is 0.591. The Labute approximate surface area is 190 Å². The van der Waals surface area contributed by atoms with E-state index < -0.39 is 31.7 Å². The molecule has 2 amide bonds. The van der Waals surface area contributed by atoms with Gasteiger partial charge in [0.15, 0.2) is 0 Å². The van der Waals surface area contributed by atoms with E-state index in [2.05, 4.69) is 5.32 Å². The van der Waals surface area contributed by atoms with Crippen LogP contribution in [-0.2, 0) is 39.3 Å². The first kappa shape index (κ1) is 27.8. The minimum Gasteiger partial charge on any atom is -0.464 e. The van der Waals surface area contributed by atoms with E-state index in [0.29, 0.717) is 0 Å². The molecule has 0 spiro atoms. The Morgan fingerprint density at radius 2 is 1.66 bits per heavy atom. The monoisotopic (exact) mass is 470 g/mol. The van der Waals surface area contributed by atoms with Gasteiger partial charge in [0.1, 0.15) is 18.8 Å². The van der Waals surface area contributed by atoms with Crippen LogP contribution in [0.1, 0.15) is 40.2 Å². The van der Waals surface area contributed by atoms with Gasteiger partial charge in [-0.3, -0.25) is 18.9 Å². The average molecular weight is 471 g/mol. The molecule has 9 nitrogen and oxygen atoms in total.